The Bertz CT molecular complexity index is 1300. The standard InChI is InChI=1S/C37H57N7O5/c1-26(2)23-31(35(47)43-32(27(3)4)24-41-33(45)21-13-7-10-17-28-15-8-5-9-16-28)42-34(46)30(20-14-22-40-36(38)39)44-37(48)49-25-29-18-11-6-12-19-29/h5-6,8-9,11-12,15-16,18-19,26-27,30-32H,7,10,13-14,17,20-25H2,1-4H3,(H,41,45)(H,42,46)(H,43,47)(H,44,48)(H4,38,39,40)/t30-,31-,32-/m1/s1. The maximum Gasteiger partial charge on any atom is 0.408 e. The van der Waals surface area contributed by atoms with E-state index in [4.69, 9.17) is 16.2 Å². The minimum atomic E-state index is -0.993. The lowest BCUT2D eigenvalue weighted by atomic mass is 9.99. The largest absolute Gasteiger partial charge is 0.445 e. The van der Waals surface area contributed by atoms with Crippen LogP contribution in [0.3, 0.4) is 0 Å². The van der Waals surface area contributed by atoms with Gasteiger partial charge in [0.1, 0.15) is 18.7 Å². The molecule has 0 aliphatic rings. The third-order valence-corrected chi connectivity index (χ3v) is 7.97. The van der Waals surface area contributed by atoms with Gasteiger partial charge < -0.3 is 37.5 Å². The second kappa shape index (κ2) is 22.9. The van der Waals surface area contributed by atoms with Gasteiger partial charge in [0.25, 0.3) is 0 Å². The SMILES string of the molecule is CC(C)C[C@@H](NC(=O)[C@@H](CCCN=C(N)N)NC(=O)OCc1ccccc1)C(=O)N[C@H](CNC(=O)CCCCCc1ccccc1)C(C)C. The summed E-state index contributed by atoms with van der Waals surface area (Å²) in [6, 6.07) is 17.3. The van der Waals surface area contributed by atoms with Crippen LogP contribution in [0.1, 0.15) is 83.8 Å². The van der Waals surface area contributed by atoms with Crippen LogP contribution in [0.15, 0.2) is 65.7 Å². The zero-order valence-corrected chi connectivity index (χ0v) is 29.6. The van der Waals surface area contributed by atoms with Crippen LogP contribution in [-0.2, 0) is 32.1 Å². The van der Waals surface area contributed by atoms with E-state index in [-0.39, 0.29) is 61.8 Å². The molecule has 0 unspecified atom stereocenters. The highest BCUT2D eigenvalue weighted by molar-refractivity contribution is 5.91. The van der Waals surface area contributed by atoms with E-state index in [1.807, 2.05) is 76.2 Å². The number of unbranched alkanes of at least 4 members (excludes halogenated alkanes) is 2. The number of nitrogens with zero attached hydrogens (tertiary/aromatic N) is 1. The third kappa shape index (κ3) is 17.9. The Labute approximate surface area is 291 Å². The van der Waals surface area contributed by atoms with E-state index in [1.54, 1.807) is 0 Å². The van der Waals surface area contributed by atoms with Gasteiger partial charge in [0.05, 0.1) is 0 Å². The molecule has 0 saturated carbocycles. The van der Waals surface area contributed by atoms with Crippen molar-refractivity contribution >= 4 is 29.8 Å². The summed E-state index contributed by atoms with van der Waals surface area (Å²) in [5, 5.41) is 11.5. The fraction of sp³-hybridized carbons (Fsp3) is 0.541. The van der Waals surface area contributed by atoms with Crippen LogP contribution in [0, 0.1) is 11.8 Å². The molecule has 0 bridgehead atoms. The maximum absolute atomic E-state index is 13.6. The number of benzene rings is 2. The van der Waals surface area contributed by atoms with Gasteiger partial charge in [0.15, 0.2) is 5.96 Å². The number of carbonyl (C=O) groups excluding carboxylic acids is 4. The Balaban J connectivity index is 1.95. The van der Waals surface area contributed by atoms with Crippen LogP contribution in [0.4, 0.5) is 4.79 Å². The van der Waals surface area contributed by atoms with Crippen LogP contribution in [0.2, 0.25) is 0 Å². The number of aliphatic imine (C=N–C) groups is 1. The Kier molecular flexibility index (Phi) is 18.9. The van der Waals surface area contributed by atoms with Crippen LogP contribution >= 0.6 is 0 Å². The Hall–Kier alpha value is -4.61. The van der Waals surface area contributed by atoms with E-state index >= 15 is 0 Å². The number of rotatable bonds is 22. The highest BCUT2D eigenvalue weighted by atomic mass is 16.5. The van der Waals surface area contributed by atoms with Crippen molar-refractivity contribution in [1.29, 1.82) is 0 Å². The molecule has 2 aromatic carbocycles. The number of hydrogen-bond acceptors (Lipinski definition) is 6. The first-order valence-electron chi connectivity index (χ1n) is 17.4. The van der Waals surface area contributed by atoms with Gasteiger partial charge in [-0.25, -0.2) is 4.79 Å². The zero-order chi connectivity index (χ0) is 36.0. The predicted octanol–water partition coefficient (Wildman–Crippen LogP) is 3.93. The molecule has 0 spiro atoms. The first-order chi connectivity index (χ1) is 23.4. The van der Waals surface area contributed by atoms with Gasteiger partial charge in [0.2, 0.25) is 17.7 Å². The molecule has 2 aromatic rings. The number of ether oxygens (including phenoxy) is 1. The summed E-state index contributed by atoms with van der Waals surface area (Å²) in [5.74, 6) is -0.903. The molecular weight excluding hydrogens is 622 g/mol. The van der Waals surface area contributed by atoms with Gasteiger partial charge in [-0.15, -0.1) is 0 Å². The van der Waals surface area contributed by atoms with E-state index in [0.29, 0.717) is 19.3 Å². The average molecular weight is 680 g/mol. The molecule has 3 atom stereocenters. The van der Waals surface area contributed by atoms with Crippen LogP contribution in [0.25, 0.3) is 0 Å². The number of nitrogens with one attached hydrogen (secondary N) is 4. The Morgan fingerprint density at radius 3 is 2.00 bits per heavy atom. The summed E-state index contributed by atoms with van der Waals surface area (Å²) in [7, 11) is 0. The van der Waals surface area contributed by atoms with E-state index in [1.165, 1.54) is 5.56 Å². The molecule has 0 aliphatic carbocycles. The molecule has 0 heterocycles. The van der Waals surface area contributed by atoms with Crippen molar-refractivity contribution < 1.29 is 23.9 Å². The molecule has 0 radical (unpaired) electrons. The number of alkyl carbamates (subject to hydrolysis) is 1. The summed E-state index contributed by atoms with van der Waals surface area (Å²) in [6.07, 6.45) is 4.41. The van der Waals surface area contributed by atoms with Crippen LogP contribution in [-0.4, -0.2) is 61.0 Å². The van der Waals surface area contributed by atoms with E-state index in [0.717, 1.165) is 31.2 Å². The first-order valence-corrected chi connectivity index (χ1v) is 17.4. The highest BCUT2D eigenvalue weighted by Gasteiger charge is 2.29. The normalized spacial score (nSPS) is 12.8. The van der Waals surface area contributed by atoms with Crippen molar-refractivity contribution in [3.05, 3.63) is 71.8 Å². The lowest BCUT2D eigenvalue weighted by molar-refractivity contribution is -0.131. The van der Waals surface area contributed by atoms with Gasteiger partial charge in [-0.05, 0) is 61.5 Å². The second-order valence-electron chi connectivity index (χ2n) is 13.1. The number of nitrogens with two attached hydrogens (primary N) is 2. The van der Waals surface area contributed by atoms with E-state index < -0.39 is 24.1 Å². The smallest absolute Gasteiger partial charge is 0.408 e. The summed E-state index contributed by atoms with van der Waals surface area (Å²) >= 11 is 0. The second-order valence-corrected chi connectivity index (χ2v) is 13.1. The molecule has 12 heteroatoms. The van der Waals surface area contributed by atoms with Crippen molar-refractivity contribution in [2.75, 3.05) is 13.1 Å². The zero-order valence-electron chi connectivity index (χ0n) is 29.6. The van der Waals surface area contributed by atoms with Gasteiger partial charge in [-0.2, -0.15) is 0 Å². The number of amides is 4. The quantitative estimate of drug-likeness (QED) is 0.0617. The molecular formula is C37H57N7O5. The van der Waals surface area contributed by atoms with Crippen molar-refractivity contribution in [1.82, 2.24) is 21.3 Å². The average Bonchev–Trinajstić information content (AvgIpc) is 3.06. The third-order valence-electron chi connectivity index (χ3n) is 7.97. The van der Waals surface area contributed by atoms with Crippen LogP contribution in [0.5, 0.6) is 0 Å². The fourth-order valence-corrected chi connectivity index (χ4v) is 5.14. The van der Waals surface area contributed by atoms with Crippen molar-refractivity contribution in [3.63, 3.8) is 0 Å². The molecule has 49 heavy (non-hydrogen) atoms. The molecule has 0 aromatic heterocycles. The Morgan fingerprint density at radius 2 is 1.39 bits per heavy atom. The minimum absolute atomic E-state index is 0.0230. The summed E-state index contributed by atoms with van der Waals surface area (Å²) < 4.78 is 5.34. The number of carbonyl (C=O) groups is 4. The molecule has 4 amide bonds. The van der Waals surface area contributed by atoms with Crippen molar-refractivity contribution in [2.45, 2.75) is 104 Å². The molecule has 12 nitrogen and oxygen atoms in total. The van der Waals surface area contributed by atoms with Crippen molar-refractivity contribution in [2.24, 2.45) is 28.3 Å². The summed E-state index contributed by atoms with van der Waals surface area (Å²) in [5.41, 5.74) is 13.0. The monoisotopic (exact) mass is 679 g/mol. The molecule has 0 saturated heterocycles. The topological polar surface area (TPSA) is 190 Å². The Morgan fingerprint density at radius 1 is 0.755 bits per heavy atom. The number of aryl methyl sites for hydroxylation is 1. The fourth-order valence-electron chi connectivity index (χ4n) is 5.14. The molecule has 270 valence electrons. The lowest BCUT2D eigenvalue weighted by Gasteiger charge is -2.28. The van der Waals surface area contributed by atoms with Crippen LogP contribution < -0.4 is 32.7 Å². The number of hydrogen-bond donors (Lipinski definition) is 6. The first kappa shape index (κ1) is 40.6. The van der Waals surface area contributed by atoms with Crippen molar-refractivity contribution in [3.8, 4) is 0 Å². The molecule has 2 rings (SSSR count). The maximum atomic E-state index is 13.6. The molecule has 0 fully saturated rings. The highest BCUT2D eigenvalue weighted by Crippen LogP contribution is 2.11. The summed E-state index contributed by atoms with van der Waals surface area (Å²) in [4.78, 5) is 56.4. The predicted molar refractivity (Wildman–Crippen MR) is 193 cm³/mol. The van der Waals surface area contributed by atoms with E-state index in [2.05, 4.69) is 38.4 Å². The van der Waals surface area contributed by atoms with Gasteiger partial charge in [-0.1, -0.05) is 94.8 Å². The minimum Gasteiger partial charge on any atom is -0.445 e. The number of guanidine groups is 1. The van der Waals surface area contributed by atoms with Gasteiger partial charge >= 0.3 is 6.09 Å². The van der Waals surface area contributed by atoms with Gasteiger partial charge in [-0.3, -0.25) is 19.4 Å². The lowest BCUT2D eigenvalue weighted by Crippen LogP contribution is -2.57. The van der Waals surface area contributed by atoms with Gasteiger partial charge in [0, 0.05) is 25.6 Å². The molecule has 8 N–H and O–H groups in total. The molecule has 0 aliphatic heterocycles. The van der Waals surface area contributed by atoms with E-state index in [9.17, 15) is 19.2 Å². The summed E-state index contributed by atoms with van der Waals surface area (Å²) in [6.45, 7) is 8.42.